The van der Waals surface area contributed by atoms with E-state index in [0.717, 1.165) is 42.3 Å². The minimum absolute atomic E-state index is 0.00425. The standard InChI is InChI=1S/C30H45N5/c1-8-14-19-27(11-4)30(17-10-3)34-25-32-21-23-35(24-22-33-28(12-5)16-9-2)29(13-6)20-15-18-26(7)31/h8-20,25-26,33H,1,4,6,21-24,31H2,2-3,5,7H3,(H,32,34)/b16-9-,17-10-,18-15-,19-14+,28-12+,29-20+,30-27-. The van der Waals surface area contributed by atoms with Gasteiger partial charge >= 0.3 is 0 Å². The third kappa shape index (κ3) is 15.0. The lowest BCUT2D eigenvalue weighted by Gasteiger charge is -2.26. The van der Waals surface area contributed by atoms with Gasteiger partial charge in [0.2, 0.25) is 0 Å². The van der Waals surface area contributed by atoms with Crippen LogP contribution in [-0.4, -0.2) is 43.5 Å². The number of hydrogen-bond donors (Lipinski definition) is 3. The third-order valence-electron chi connectivity index (χ3n) is 4.70. The number of nitrogens with zero attached hydrogens (tertiary/aromatic N) is 2. The molecule has 0 fully saturated rings. The second kappa shape index (κ2) is 21.0. The van der Waals surface area contributed by atoms with Crippen molar-refractivity contribution in [3.05, 3.63) is 121 Å². The summed E-state index contributed by atoms with van der Waals surface area (Å²) in [6.45, 7) is 22.7. The first-order valence-electron chi connectivity index (χ1n) is 12.1. The Balaban J connectivity index is 5.40. The van der Waals surface area contributed by atoms with Crippen LogP contribution in [0.3, 0.4) is 0 Å². The zero-order chi connectivity index (χ0) is 26.3. The summed E-state index contributed by atoms with van der Waals surface area (Å²) in [7, 11) is 0. The molecule has 1 unspecified atom stereocenters. The van der Waals surface area contributed by atoms with E-state index in [4.69, 9.17) is 5.73 Å². The maximum atomic E-state index is 5.84. The lowest BCUT2D eigenvalue weighted by molar-refractivity contribution is 0.360. The number of nitrogens with two attached hydrogens (primary N) is 1. The number of rotatable bonds is 18. The Morgan fingerprint density at radius 1 is 0.971 bits per heavy atom. The van der Waals surface area contributed by atoms with Crippen LogP contribution in [0.2, 0.25) is 0 Å². The summed E-state index contributed by atoms with van der Waals surface area (Å²) >= 11 is 0. The molecule has 0 spiro atoms. The van der Waals surface area contributed by atoms with Crippen LogP contribution >= 0.6 is 0 Å². The molecule has 0 saturated carbocycles. The highest BCUT2D eigenvalue weighted by Crippen LogP contribution is 2.11. The van der Waals surface area contributed by atoms with Crippen molar-refractivity contribution in [3.8, 4) is 0 Å². The molecule has 0 aromatic heterocycles. The summed E-state index contributed by atoms with van der Waals surface area (Å²) in [5.41, 5.74) is 9.73. The van der Waals surface area contributed by atoms with E-state index in [0.29, 0.717) is 6.54 Å². The molecule has 0 aliphatic carbocycles. The van der Waals surface area contributed by atoms with Crippen molar-refractivity contribution in [1.29, 1.82) is 0 Å². The third-order valence-corrected chi connectivity index (χ3v) is 4.70. The summed E-state index contributed by atoms with van der Waals surface area (Å²) in [4.78, 5) is 6.86. The first-order chi connectivity index (χ1) is 17.0. The molecule has 0 aromatic carbocycles. The molecule has 5 nitrogen and oxygen atoms in total. The molecule has 0 rings (SSSR count). The van der Waals surface area contributed by atoms with Crippen molar-refractivity contribution in [3.63, 3.8) is 0 Å². The van der Waals surface area contributed by atoms with E-state index in [1.54, 1.807) is 18.5 Å². The van der Waals surface area contributed by atoms with Gasteiger partial charge in [0.25, 0.3) is 0 Å². The molecule has 0 saturated heterocycles. The molecular weight excluding hydrogens is 430 g/mol. The van der Waals surface area contributed by atoms with Crippen LogP contribution in [0, 0.1) is 0 Å². The maximum absolute atomic E-state index is 5.84. The van der Waals surface area contributed by atoms with Gasteiger partial charge in [0.15, 0.2) is 0 Å². The summed E-state index contributed by atoms with van der Waals surface area (Å²) in [5.74, 6) is 0. The molecule has 0 aliphatic heterocycles. The monoisotopic (exact) mass is 475 g/mol. The Kier molecular flexibility index (Phi) is 18.9. The van der Waals surface area contributed by atoms with Crippen LogP contribution < -0.4 is 16.4 Å². The molecule has 0 aliphatic rings. The minimum atomic E-state index is 0.00425. The molecule has 1 atom stereocenters. The molecule has 190 valence electrons. The molecule has 0 radical (unpaired) electrons. The van der Waals surface area contributed by atoms with Crippen LogP contribution in [0.1, 0.15) is 27.7 Å². The number of aliphatic imine (C=N–C) groups is 1. The predicted octanol–water partition coefficient (Wildman–Crippen LogP) is 5.71. The normalized spacial score (nSPS) is 14.8. The van der Waals surface area contributed by atoms with Crippen LogP contribution in [-0.2, 0) is 0 Å². The van der Waals surface area contributed by atoms with Crippen molar-refractivity contribution in [2.45, 2.75) is 33.7 Å². The summed E-state index contributed by atoms with van der Waals surface area (Å²) in [6.07, 6.45) is 27.0. The second-order valence-electron chi connectivity index (χ2n) is 7.55. The van der Waals surface area contributed by atoms with E-state index in [1.807, 2.05) is 82.4 Å². The highest BCUT2D eigenvalue weighted by atomic mass is 15.2. The summed E-state index contributed by atoms with van der Waals surface area (Å²) in [5, 5.41) is 6.77. The highest BCUT2D eigenvalue weighted by Gasteiger charge is 2.06. The van der Waals surface area contributed by atoms with E-state index < -0.39 is 0 Å². The quantitative estimate of drug-likeness (QED) is 0.103. The lowest BCUT2D eigenvalue weighted by atomic mass is 10.1. The van der Waals surface area contributed by atoms with Crippen molar-refractivity contribution >= 4 is 6.34 Å². The fraction of sp³-hybridized carbons (Fsp3) is 0.300. The van der Waals surface area contributed by atoms with Gasteiger partial charge in [-0.3, -0.25) is 0 Å². The molecule has 4 N–H and O–H groups in total. The smallest absolute Gasteiger partial charge is 0.0887 e. The number of hydrogen-bond acceptors (Lipinski definition) is 4. The molecule has 5 heteroatoms. The van der Waals surface area contributed by atoms with Gasteiger partial charge in [-0.2, -0.15) is 0 Å². The topological polar surface area (TPSA) is 65.7 Å². The molecule has 0 heterocycles. The van der Waals surface area contributed by atoms with Crippen LogP contribution in [0.5, 0.6) is 0 Å². The van der Waals surface area contributed by atoms with Crippen LogP contribution in [0.4, 0.5) is 0 Å². The molecular formula is C30H45N5. The largest absolute Gasteiger partial charge is 0.384 e. The second-order valence-corrected chi connectivity index (χ2v) is 7.55. The zero-order valence-electron chi connectivity index (χ0n) is 22.1. The minimum Gasteiger partial charge on any atom is -0.384 e. The Hall–Kier alpha value is -3.57. The van der Waals surface area contributed by atoms with Crippen molar-refractivity contribution < 1.29 is 0 Å². The first-order valence-corrected chi connectivity index (χ1v) is 12.1. The molecule has 0 amide bonds. The van der Waals surface area contributed by atoms with E-state index >= 15 is 0 Å². The predicted molar refractivity (Wildman–Crippen MR) is 157 cm³/mol. The highest BCUT2D eigenvalue weighted by molar-refractivity contribution is 5.58. The number of allylic oxidation sites excluding steroid dienone is 13. The van der Waals surface area contributed by atoms with E-state index in [2.05, 4.69) is 52.4 Å². The average molecular weight is 476 g/mol. The zero-order valence-corrected chi connectivity index (χ0v) is 22.1. The van der Waals surface area contributed by atoms with E-state index in [-0.39, 0.29) is 6.04 Å². The Morgan fingerprint density at radius 3 is 2.26 bits per heavy atom. The van der Waals surface area contributed by atoms with Crippen LogP contribution in [0.15, 0.2) is 126 Å². The van der Waals surface area contributed by atoms with E-state index in [1.165, 1.54) is 0 Å². The lowest BCUT2D eigenvalue weighted by Crippen LogP contribution is -2.35. The van der Waals surface area contributed by atoms with Gasteiger partial charge in [0, 0.05) is 43.6 Å². The molecule has 0 bridgehead atoms. The van der Waals surface area contributed by atoms with Gasteiger partial charge in [0.1, 0.15) is 0 Å². The Bertz CT molecular complexity index is 876. The Morgan fingerprint density at radius 2 is 1.69 bits per heavy atom. The van der Waals surface area contributed by atoms with Gasteiger partial charge in [-0.15, -0.1) is 0 Å². The summed E-state index contributed by atoms with van der Waals surface area (Å²) in [6, 6.07) is 0.00425. The SMILES string of the molecule is C=C/C=C/C(C=C)=C(/C=C\C)\N=C/NCCN(CCNC(/C=C\C)=C/C)/C(C=C)=C/C=C\C(C)N. The summed E-state index contributed by atoms with van der Waals surface area (Å²) < 4.78 is 0. The number of nitrogens with one attached hydrogen (secondary N) is 2. The van der Waals surface area contributed by atoms with Gasteiger partial charge < -0.3 is 21.3 Å². The van der Waals surface area contributed by atoms with Crippen molar-refractivity contribution in [1.82, 2.24) is 15.5 Å². The Labute approximate surface area is 214 Å². The van der Waals surface area contributed by atoms with Crippen molar-refractivity contribution in [2.24, 2.45) is 10.7 Å². The fourth-order valence-electron chi connectivity index (χ4n) is 2.95. The van der Waals surface area contributed by atoms with Gasteiger partial charge in [-0.1, -0.05) is 74.4 Å². The molecule has 0 aromatic rings. The van der Waals surface area contributed by atoms with Crippen molar-refractivity contribution in [2.75, 3.05) is 26.2 Å². The van der Waals surface area contributed by atoms with Gasteiger partial charge in [-0.25, -0.2) is 4.99 Å². The van der Waals surface area contributed by atoms with E-state index in [9.17, 15) is 0 Å². The fourth-order valence-corrected chi connectivity index (χ4v) is 2.95. The first kappa shape index (κ1) is 31.4. The van der Waals surface area contributed by atoms with Crippen LogP contribution in [0.25, 0.3) is 0 Å². The average Bonchev–Trinajstić information content (AvgIpc) is 2.85. The van der Waals surface area contributed by atoms with Gasteiger partial charge in [-0.05, 0) is 57.6 Å². The van der Waals surface area contributed by atoms with Gasteiger partial charge in [0.05, 0.1) is 12.0 Å². The maximum Gasteiger partial charge on any atom is 0.0887 e. The molecule has 35 heavy (non-hydrogen) atoms.